The Labute approximate surface area is 229 Å². The summed E-state index contributed by atoms with van der Waals surface area (Å²) in [5.41, 5.74) is 2.98. The first-order valence-electron chi connectivity index (χ1n) is 11.4. The highest BCUT2D eigenvalue weighted by molar-refractivity contribution is 9.10. The quantitative estimate of drug-likeness (QED) is 0.164. The number of anilines is 1. The minimum absolute atomic E-state index is 0.0540. The number of rotatable bonds is 9. The van der Waals surface area contributed by atoms with E-state index >= 15 is 0 Å². The molecule has 37 heavy (non-hydrogen) atoms. The van der Waals surface area contributed by atoms with Gasteiger partial charge in [0.15, 0.2) is 0 Å². The molecule has 0 saturated carbocycles. The van der Waals surface area contributed by atoms with Crippen LogP contribution in [-0.2, 0) is 18.0 Å². The maximum absolute atomic E-state index is 12.9. The van der Waals surface area contributed by atoms with Gasteiger partial charge in [-0.2, -0.15) is 5.26 Å². The van der Waals surface area contributed by atoms with Crippen LogP contribution in [0.15, 0.2) is 107 Å². The molecular formula is C30H22BrClN2O3. The fourth-order valence-electron chi connectivity index (χ4n) is 3.41. The zero-order valence-electron chi connectivity index (χ0n) is 19.7. The van der Waals surface area contributed by atoms with Crippen molar-refractivity contribution in [3.05, 3.63) is 129 Å². The monoisotopic (exact) mass is 572 g/mol. The molecule has 0 aromatic heterocycles. The number of hydrogen-bond acceptors (Lipinski definition) is 4. The first kappa shape index (κ1) is 26.0. The molecule has 4 rings (SSSR count). The Hall–Kier alpha value is -4.05. The Kier molecular flexibility index (Phi) is 8.98. The van der Waals surface area contributed by atoms with Crippen molar-refractivity contribution in [1.82, 2.24) is 0 Å². The van der Waals surface area contributed by atoms with Crippen LogP contribution < -0.4 is 14.8 Å². The van der Waals surface area contributed by atoms with Crippen LogP contribution in [0.2, 0.25) is 5.02 Å². The molecule has 0 heterocycles. The van der Waals surface area contributed by atoms with Gasteiger partial charge in [0.25, 0.3) is 5.91 Å². The molecule has 1 amide bonds. The average molecular weight is 574 g/mol. The third-order valence-electron chi connectivity index (χ3n) is 5.34. The lowest BCUT2D eigenvalue weighted by molar-refractivity contribution is -0.112. The molecule has 0 saturated heterocycles. The summed E-state index contributed by atoms with van der Waals surface area (Å²) in [6, 6.07) is 31.6. The number of benzene rings is 4. The van der Waals surface area contributed by atoms with Crippen molar-refractivity contribution in [3.63, 3.8) is 0 Å². The topological polar surface area (TPSA) is 71.3 Å². The molecule has 4 aromatic carbocycles. The van der Waals surface area contributed by atoms with Crippen LogP contribution in [0.4, 0.5) is 5.69 Å². The van der Waals surface area contributed by atoms with Gasteiger partial charge in [-0.05, 0) is 60.2 Å². The second-order valence-electron chi connectivity index (χ2n) is 7.98. The number of carbonyl (C=O) groups is 1. The highest BCUT2D eigenvalue weighted by Gasteiger charge is 2.12. The SMILES string of the molecule is N#C/C(=C\c1cc(Br)ccc1OCc1ccccc1)C(=O)Nc1ccc(OCc2ccccc2Cl)cc1. The Morgan fingerprint density at radius 2 is 1.65 bits per heavy atom. The first-order valence-corrected chi connectivity index (χ1v) is 12.5. The molecule has 0 bridgehead atoms. The molecule has 4 aromatic rings. The fraction of sp³-hybridized carbons (Fsp3) is 0.0667. The van der Waals surface area contributed by atoms with Crippen LogP contribution in [-0.4, -0.2) is 5.91 Å². The van der Waals surface area contributed by atoms with Crippen molar-refractivity contribution in [2.45, 2.75) is 13.2 Å². The molecule has 0 aliphatic carbocycles. The van der Waals surface area contributed by atoms with Crippen LogP contribution >= 0.6 is 27.5 Å². The van der Waals surface area contributed by atoms with Crippen LogP contribution in [0.5, 0.6) is 11.5 Å². The van der Waals surface area contributed by atoms with E-state index in [1.165, 1.54) is 6.08 Å². The Bertz CT molecular complexity index is 1450. The number of halogens is 2. The number of nitriles is 1. The van der Waals surface area contributed by atoms with Crippen molar-refractivity contribution >= 4 is 45.2 Å². The minimum Gasteiger partial charge on any atom is -0.489 e. The molecule has 0 fully saturated rings. The highest BCUT2D eigenvalue weighted by Crippen LogP contribution is 2.27. The van der Waals surface area contributed by atoms with Crippen molar-refractivity contribution in [2.75, 3.05) is 5.32 Å². The van der Waals surface area contributed by atoms with Gasteiger partial charge in [-0.1, -0.05) is 76.1 Å². The number of carbonyl (C=O) groups excluding carboxylic acids is 1. The second-order valence-corrected chi connectivity index (χ2v) is 9.31. The number of nitrogens with one attached hydrogen (secondary N) is 1. The van der Waals surface area contributed by atoms with Gasteiger partial charge in [0, 0.05) is 26.3 Å². The lowest BCUT2D eigenvalue weighted by atomic mass is 10.1. The van der Waals surface area contributed by atoms with E-state index in [0.717, 1.165) is 15.6 Å². The molecule has 184 valence electrons. The molecular weight excluding hydrogens is 552 g/mol. The summed E-state index contributed by atoms with van der Waals surface area (Å²) in [6.45, 7) is 0.691. The maximum atomic E-state index is 12.9. The summed E-state index contributed by atoms with van der Waals surface area (Å²) in [4.78, 5) is 12.9. The second kappa shape index (κ2) is 12.8. The summed E-state index contributed by atoms with van der Waals surface area (Å²) in [5, 5.41) is 13.1. The minimum atomic E-state index is -0.527. The molecule has 0 unspecified atom stereocenters. The zero-order valence-corrected chi connectivity index (χ0v) is 22.0. The van der Waals surface area contributed by atoms with Gasteiger partial charge in [0.05, 0.1) is 0 Å². The number of amides is 1. The van der Waals surface area contributed by atoms with Gasteiger partial charge >= 0.3 is 0 Å². The molecule has 7 heteroatoms. The normalized spacial score (nSPS) is 10.9. The summed E-state index contributed by atoms with van der Waals surface area (Å²) < 4.78 is 12.6. The summed E-state index contributed by atoms with van der Waals surface area (Å²) >= 11 is 9.61. The molecule has 0 aliphatic rings. The van der Waals surface area contributed by atoms with E-state index in [0.29, 0.717) is 41.0 Å². The van der Waals surface area contributed by atoms with Crippen molar-refractivity contribution < 1.29 is 14.3 Å². The van der Waals surface area contributed by atoms with Gasteiger partial charge in [-0.3, -0.25) is 4.79 Å². The summed E-state index contributed by atoms with van der Waals surface area (Å²) in [6.07, 6.45) is 1.52. The van der Waals surface area contributed by atoms with Crippen LogP contribution in [0.1, 0.15) is 16.7 Å². The highest BCUT2D eigenvalue weighted by atomic mass is 79.9. The smallest absolute Gasteiger partial charge is 0.266 e. The molecule has 0 radical (unpaired) electrons. The van der Waals surface area contributed by atoms with Gasteiger partial charge < -0.3 is 14.8 Å². The Morgan fingerprint density at radius 3 is 2.38 bits per heavy atom. The average Bonchev–Trinajstić information content (AvgIpc) is 2.92. The zero-order chi connectivity index (χ0) is 26.0. The predicted octanol–water partition coefficient (Wildman–Crippen LogP) is 7.81. The third-order valence-corrected chi connectivity index (χ3v) is 6.20. The summed E-state index contributed by atoms with van der Waals surface area (Å²) in [5.74, 6) is 0.664. The van der Waals surface area contributed by atoms with E-state index in [2.05, 4.69) is 21.2 Å². The fourth-order valence-corrected chi connectivity index (χ4v) is 3.98. The van der Waals surface area contributed by atoms with Crippen LogP contribution in [0.3, 0.4) is 0 Å². The predicted molar refractivity (Wildman–Crippen MR) is 149 cm³/mol. The van der Waals surface area contributed by atoms with Gasteiger partial charge in [0.2, 0.25) is 0 Å². The van der Waals surface area contributed by atoms with E-state index in [1.807, 2.05) is 66.7 Å². The molecule has 1 N–H and O–H groups in total. The van der Waals surface area contributed by atoms with Crippen LogP contribution in [0, 0.1) is 11.3 Å². The van der Waals surface area contributed by atoms with Crippen molar-refractivity contribution in [2.24, 2.45) is 0 Å². The van der Waals surface area contributed by atoms with E-state index in [-0.39, 0.29) is 5.57 Å². The molecule has 0 atom stereocenters. The Morgan fingerprint density at radius 1 is 0.919 bits per heavy atom. The van der Waals surface area contributed by atoms with E-state index in [4.69, 9.17) is 21.1 Å². The van der Waals surface area contributed by atoms with Crippen LogP contribution in [0.25, 0.3) is 6.08 Å². The van der Waals surface area contributed by atoms with Gasteiger partial charge in [-0.15, -0.1) is 0 Å². The lowest BCUT2D eigenvalue weighted by Crippen LogP contribution is -2.13. The maximum Gasteiger partial charge on any atom is 0.266 e. The standard InChI is InChI=1S/C30H22BrClN2O3/c31-25-10-15-29(37-19-21-6-2-1-3-7-21)23(17-25)16-24(18-33)30(35)34-26-11-13-27(14-12-26)36-20-22-8-4-5-9-28(22)32/h1-17H,19-20H2,(H,34,35)/b24-16+. The van der Waals surface area contributed by atoms with Crippen molar-refractivity contribution in [1.29, 1.82) is 5.26 Å². The lowest BCUT2D eigenvalue weighted by Gasteiger charge is -2.11. The van der Waals surface area contributed by atoms with Crippen molar-refractivity contribution in [3.8, 4) is 17.6 Å². The third kappa shape index (κ3) is 7.47. The number of hydrogen-bond donors (Lipinski definition) is 1. The molecule has 0 aliphatic heterocycles. The van der Waals surface area contributed by atoms with E-state index in [9.17, 15) is 10.1 Å². The molecule has 0 spiro atoms. The Balaban J connectivity index is 1.43. The number of ether oxygens (including phenoxy) is 2. The first-order chi connectivity index (χ1) is 18.0. The van der Waals surface area contributed by atoms with Gasteiger partial charge in [0.1, 0.15) is 36.4 Å². The largest absolute Gasteiger partial charge is 0.489 e. The van der Waals surface area contributed by atoms with E-state index in [1.54, 1.807) is 36.4 Å². The number of nitrogens with zero attached hydrogens (tertiary/aromatic N) is 1. The van der Waals surface area contributed by atoms with Gasteiger partial charge in [-0.25, -0.2) is 0 Å². The summed E-state index contributed by atoms with van der Waals surface area (Å²) in [7, 11) is 0. The molecule has 5 nitrogen and oxygen atoms in total. The van der Waals surface area contributed by atoms with E-state index < -0.39 is 5.91 Å².